The van der Waals surface area contributed by atoms with E-state index in [2.05, 4.69) is 9.97 Å². The van der Waals surface area contributed by atoms with E-state index in [1.165, 1.54) is 19.0 Å². The second-order valence-corrected chi connectivity index (χ2v) is 3.50. The van der Waals surface area contributed by atoms with Crippen molar-refractivity contribution in [1.82, 2.24) is 9.97 Å². The SMILES string of the molecule is CN(C)c1ncnc(Cl)c1C(F)(F)C(=O)O. The predicted octanol–water partition coefficient (Wildman–Crippen LogP) is 1.37. The summed E-state index contributed by atoms with van der Waals surface area (Å²) < 4.78 is 26.7. The van der Waals surface area contributed by atoms with Crippen molar-refractivity contribution in [1.29, 1.82) is 0 Å². The third-order valence-corrected chi connectivity index (χ3v) is 2.07. The van der Waals surface area contributed by atoms with E-state index >= 15 is 0 Å². The summed E-state index contributed by atoms with van der Waals surface area (Å²) >= 11 is 5.48. The Morgan fingerprint density at radius 2 is 2.06 bits per heavy atom. The normalized spacial score (nSPS) is 11.3. The van der Waals surface area contributed by atoms with Crippen LogP contribution in [0.25, 0.3) is 0 Å². The topological polar surface area (TPSA) is 66.3 Å². The smallest absolute Gasteiger partial charge is 0.379 e. The fourth-order valence-electron chi connectivity index (χ4n) is 1.07. The highest BCUT2D eigenvalue weighted by molar-refractivity contribution is 6.30. The van der Waals surface area contributed by atoms with Gasteiger partial charge in [-0.25, -0.2) is 14.8 Å². The van der Waals surface area contributed by atoms with Crippen LogP contribution >= 0.6 is 11.6 Å². The van der Waals surface area contributed by atoms with Crippen molar-refractivity contribution in [3.8, 4) is 0 Å². The van der Waals surface area contributed by atoms with Crippen molar-refractivity contribution in [2.24, 2.45) is 0 Å². The molecule has 1 rings (SSSR count). The minimum Gasteiger partial charge on any atom is -0.477 e. The molecule has 1 aromatic rings. The first kappa shape index (κ1) is 12.6. The summed E-state index contributed by atoms with van der Waals surface area (Å²) in [5, 5.41) is 7.86. The maximum Gasteiger partial charge on any atom is 0.379 e. The summed E-state index contributed by atoms with van der Waals surface area (Å²) in [6.45, 7) is 0. The Bertz CT molecular complexity index is 426. The van der Waals surface area contributed by atoms with Crippen LogP contribution in [-0.2, 0) is 10.7 Å². The Balaban J connectivity index is 3.47. The number of carboxylic acid groups (broad SMARTS) is 1. The fraction of sp³-hybridized carbons (Fsp3) is 0.375. The lowest BCUT2D eigenvalue weighted by molar-refractivity contribution is -0.166. The van der Waals surface area contributed by atoms with E-state index in [1.807, 2.05) is 0 Å². The highest BCUT2D eigenvalue weighted by atomic mass is 35.5. The number of anilines is 1. The molecule has 0 fully saturated rings. The Labute approximate surface area is 94.7 Å². The standard InChI is InChI=1S/C8H8ClF2N3O2/c1-14(2)6-4(5(9)12-3-13-6)8(10,11)7(15)16/h3H,1-2H3,(H,15,16). The third kappa shape index (κ3) is 2.04. The van der Waals surface area contributed by atoms with E-state index in [0.717, 1.165) is 6.33 Å². The lowest BCUT2D eigenvalue weighted by atomic mass is 10.1. The van der Waals surface area contributed by atoms with Crippen molar-refractivity contribution >= 4 is 23.4 Å². The van der Waals surface area contributed by atoms with Crippen molar-refractivity contribution in [2.75, 3.05) is 19.0 Å². The zero-order valence-electron chi connectivity index (χ0n) is 8.41. The lowest BCUT2D eigenvalue weighted by Crippen LogP contribution is -2.29. The van der Waals surface area contributed by atoms with Crippen LogP contribution in [0.4, 0.5) is 14.6 Å². The maximum absolute atomic E-state index is 13.4. The zero-order valence-corrected chi connectivity index (χ0v) is 9.16. The molecular weight excluding hydrogens is 244 g/mol. The molecule has 16 heavy (non-hydrogen) atoms. The number of hydrogen-bond donors (Lipinski definition) is 1. The molecule has 5 nitrogen and oxygen atoms in total. The summed E-state index contributed by atoms with van der Waals surface area (Å²) in [7, 11) is 2.89. The van der Waals surface area contributed by atoms with Gasteiger partial charge < -0.3 is 10.0 Å². The summed E-state index contributed by atoms with van der Waals surface area (Å²) in [5.41, 5.74) is -0.908. The Morgan fingerprint density at radius 3 is 2.50 bits per heavy atom. The predicted molar refractivity (Wildman–Crippen MR) is 52.9 cm³/mol. The quantitative estimate of drug-likeness (QED) is 0.822. The molecule has 0 aliphatic carbocycles. The highest BCUT2D eigenvalue weighted by Gasteiger charge is 2.46. The van der Waals surface area contributed by atoms with Crippen LogP contribution in [0, 0.1) is 0 Å². The minimum absolute atomic E-state index is 0.229. The van der Waals surface area contributed by atoms with Gasteiger partial charge >= 0.3 is 11.9 Å². The first-order valence-corrected chi connectivity index (χ1v) is 4.45. The molecule has 0 radical (unpaired) electrons. The van der Waals surface area contributed by atoms with Crippen LogP contribution in [0.2, 0.25) is 5.15 Å². The molecule has 0 bridgehead atoms. The second-order valence-electron chi connectivity index (χ2n) is 3.14. The Hall–Kier alpha value is -1.50. The van der Waals surface area contributed by atoms with Crippen molar-refractivity contribution in [3.63, 3.8) is 0 Å². The molecule has 1 heterocycles. The molecule has 0 unspecified atom stereocenters. The molecule has 0 spiro atoms. The molecular formula is C8H8ClF2N3O2. The molecule has 0 atom stereocenters. The fourth-order valence-corrected chi connectivity index (χ4v) is 1.32. The monoisotopic (exact) mass is 251 g/mol. The molecule has 0 aromatic carbocycles. The molecule has 0 amide bonds. The average molecular weight is 252 g/mol. The van der Waals surface area contributed by atoms with Gasteiger partial charge in [0.05, 0.1) is 0 Å². The number of aromatic nitrogens is 2. The van der Waals surface area contributed by atoms with Gasteiger partial charge in [-0.15, -0.1) is 0 Å². The summed E-state index contributed by atoms with van der Waals surface area (Å²) in [4.78, 5) is 18.6. The van der Waals surface area contributed by atoms with Crippen LogP contribution in [-0.4, -0.2) is 35.1 Å². The number of rotatable bonds is 3. The molecule has 1 aromatic heterocycles. The van der Waals surface area contributed by atoms with Crippen molar-refractivity contribution < 1.29 is 18.7 Å². The van der Waals surface area contributed by atoms with Gasteiger partial charge in [0.2, 0.25) is 0 Å². The molecule has 0 saturated carbocycles. The molecule has 0 aliphatic rings. The number of nitrogens with zero attached hydrogens (tertiary/aromatic N) is 3. The molecule has 8 heteroatoms. The maximum atomic E-state index is 13.4. The number of carboxylic acids is 1. The largest absolute Gasteiger partial charge is 0.477 e. The molecule has 1 N–H and O–H groups in total. The van der Waals surface area contributed by atoms with Gasteiger partial charge in [0.15, 0.2) is 0 Å². The number of aliphatic carboxylic acids is 1. The molecule has 0 saturated heterocycles. The minimum atomic E-state index is -4.13. The number of hydrogen-bond acceptors (Lipinski definition) is 4. The third-order valence-electron chi connectivity index (χ3n) is 1.79. The summed E-state index contributed by atoms with van der Waals surface area (Å²) in [5.74, 6) is -6.66. The van der Waals surface area contributed by atoms with E-state index in [0.29, 0.717) is 0 Å². The molecule has 0 aliphatic heterocycles. The summed E-state index contributed by atoms with van der Waals surface area (Å²) in [6, 6.07) is 0. The number of alkyl halides is 2. The number of carbonyl (C=O) groups is 1. The lowest BCUT2D eigenvalue weighted by Gasteiger charge is -2.20. The van der Waals surface area contributed by atoms with Crippen LogP contribution < -0.4 is 4.90 Å². The van der Waals surface area contributed by atoms with Crippen LogP contribution in [0.15, 0.2) is 6.33 Å². The second kappa shape index (κ2) is 4.17. The van der Waals surface area contributed by atoms with E-state index in [-0.39, 0.29) is 5.82 Å². The van der Waals surface area contributed by atoms with Gasteiger partial charge in [0, 0.05) is 14.1 Å². The van der Waals surface area contributed by atoms with Crippen LogP contribution in [0.5, 0.6) is 0 Å². The Kier molecular flexibility index (Phi) is 3.27. The van der Waals surface area contributed by atoms with Crippen LogP contribution in [0.3, 0.4) is 0 Å². The van der Waals surface area contributed by atoms with E-state index in [9.17, 15) is 13.6 Å². The van der Waals surface area contributed by atoms with Gasteiger partial charge in [0.1, 0.15) is 22.9 Å². The highest BCUT2D eigenvalue weighted by Crippen LogP contribution is 2.37. The van der Waals surface area contributed by atoms with Gasteiger partial charge in [-0.1, -0.05) is 11.6 Å². The molecule has 88 valence electrons. The van der Waals surface area contributed by atoms with Gasteiger partial charge in [-0.05, 0) is 0 Å². The van der Waals surface area contributed by atoms with Crippen molar-refractivity contribution in [3.05, 3.63) is 17.0 Å². The van der Waals surface area contributed by atoms with Gasteiger partial charge in [-0.3, -0.25) is 0 Å². The van der Waals surface area contributed by atoms with Crippen LogP contribution in [0.1, 0.15) is 5.56 Å². The zero-order chi connectivity index (χ0) is 12.5. The first-order valence-electron chi connectivity index (χ1n) is 4.08. The van der Waals surface area contributed by atoms with E-state index < -0.39 is 22.6 Å². The van der Waals surface area contributed by atoms with Crippen molar-refractivity contribution in [2.45, 2.75) is 5.92 Å². The van der Waals surface area contributed by atoms with E-state index in [4.69, 9.17) is 16.7 Å². The van der Waals surface area contributed by atoms with E-state index in [1.54, 1.807) is 0 Å². The summed E-state index contributed by atoms with van der Waals surface area (Å²) in [6.07, 6.45) is 0.985. The average Bonchev–Trinajstić information content (AvgIpc) is 2.16. The van der Waals surface area contributed by atoms with Gasteiger partial charge in [0.25, 0.3) is 0 Å². The number of halogens is 3. The first-order chi connectivity index (χ1) is 7.28. The van der Waals surface area contributed by atoms with Gasteiger partial charge in [-0.2, -0.15) is 8.78 Å². The Morgan fingerprint density at radius 1 is 1.50 bits per heavy atom.